The Morgan fingerprint density at radius 1 is 1.21 bits per heavy atom. The predicted molar refractivity (Wildman–Crippen MR) is 140 cm³/mol. The molecule has 0 saturated carbocycles. The van der Waals surface area contributed by atoms with Gasteiger partial charge >= 0.3 is 5.97 Å². The number of carboxylic acids is 1. The summed E-state index contributed by atoms with van der Waals surface area (Å²) in [5, 5.41) is 9.01. The maximum Gasteiger partial charge on any atom is 0.313 e. The number of carbonyl (C=O) groups is 1. The fourth-order valence-electron chi connectivity index (χ4n) is 4.49. The summed E-state index contributed by atoms with van der Waals surface area (Å²) in [6.07, 6.45) is 5.35. The highest BCUT2D eigenvalue weighted by atomic mass is 32.2. The lowest BCUT2D eigenvalue weighted by Gasteiger charge is -2.36. The van der Waals surface area contributed by atoms with E-state index in [1.165, 1.54) is 35.7 Å². The van der Waals surface area contributed by atoms with Gasteiger partial charge in [0.15, 0.2) is 9.84 Å². The van der Waals surface area contributed by atoms with Gasteiger partial charge in [-0.3, -0.25) is 4.79 Å². The molecular weight excluding hydrogens is 493 g/mol. The van der Waals surface area contributed by atoms with Gasteiger partial charge in [0.05, 0.1) is 22.1 Å². The van der Waals surface area contributed by atoms with E-state index in [1.807, 2.05) is 24.1 Å². The van der Waals surface area contributed by atoms with Crippen LogP contribution in [0.3, 0.4) is 0 Å². The number of anilines is 2. The quantitative estimate of drug-likeness (QED) is 0.361. The summed E-state index contributed by atoms with van der Waals surface area (Å²) >= 11 is 2.76. The molecule has 5 nitrogen and oxygen atoms in total. The Morgan fingerprint density at radius 2 is 1.91 bits per heavy atom. The lowest BCUT2D eigenvalue weighted by atomic mass is 9.81. The van der Waals surface area contributed by atoms with E-state index in [-0.39, 0.29) is 22.2 Å². The van der Waals surface area contributed by atoms with Gasteiger partial charge in [0.1, 0.15) is 5.82 Å². The summed E-state index contributed by atoms with van der Waals surface area (Å²) in [7, 11) is -3.62. The number of unbranched alkanes of at least 4 members (excludes halogenated alkanes) is 1. The number of sulfone groups is 1. The molecule has 0 unspecified atom stereocenters. The maximum atomic E-state index is 13.8. The minimum Gasteiger partial charge on any atom is -0.481 e. The van der Waals surface area contributed by atoms with Crippen molar-refractivity contribution in [1.82, 2.24) is 0 Å². The molecule has 0 aromatic heterocycles. The van der Waals surface area contributed by atoms with Crippen LogP contribution in [0, 0.1) is 11.2 Å². The summed E-state index contributed by atoms with van der Waals surface area (Å²) in [6, 6.07) is 9.84. The average molecular weight is 526 g/mol. The molecule has 1 aliphatic heterocycles. The minimum atomic E-state index is -3.62. The topological polar surface area (TPSA) is 74.7 Å². The van der Waals surface area contributed by atoms with Gasteiger partial charge in [-0.05, 0) is 61.1 Å². The molecular formula is C25H32FNO4S3. The van der Waals surface area contributed by atoms with Gasteiger partial charge in [-0.25, -0.2) is 12.8 Å². The zero-order valence-electron chi connectivity index (χ0n) is 19.8. The Hall–Kier alpha value is -1.71. The van der Waals surface area contributed by atoms with E-state index in [0.29, 0.717) is 24.4 Å². The molecule has 0 amide bonds. The van der Waals surface area contributed by atoms with Crippen molar-refractivity contribution < 1.29 is 22.7 Å². The first-order chi connectivity index (χ1) is 16.1. The van der Waals surface area contributed by atoms with Crippen LogP contribution in [0.4, 0.5) is 15.8 Å². The van der Waals surface area contributed by atoms with Gasteiger partial charge in [0, 0.05) is 28.3 Å². The van der Waals surface area contributed by atoms with E-state index in [4.69, 9.17) is 5.11 Å². The van der Waals surface area contributed by atoms with Crippen LogP contribution in [-0.2, 0) is 20.4 Å². The molecule has 0 aliphatic carbocycles. The molecule has 0 saturated heterocycles. The zero-order chi connectivity index (χ0) is 24.9. The fourth-order valence-corrected chi connectivity index (χ4v) is 8.16. The molecule has 0 radical (unpaired) electrons. The van der Waals surface area contributed by atoms with Crippen molar-refractivity contribution in [2.75, 3.05) is 29.2 Å². The molecule has 0 spiro atoms. The molecule has 0 bridgehead atoms. The van der Waals surface area contributed by atoms with Gasteiger partial charge in [-0.15, -0.1) is 23.5 Å². The largest absolute Gasteiger partial charge is 0.481 e. The average Bonchev–Trinajstić information content (AvgIpc) is 2.90. The number of carboxylic acid groups (broad SMARTS) is 1. The van der Waals surface area contributed by atoms with Gasteiger partial charge in [-0.2, -0.15) is 0 Å². The molecule has 186 valence electrons. The summed E-state index contributed by atoms with van der Waals surface area (Å²) < 4.78 is 41.3. The summed E-state index contributed by atoms with van der Waals surface area (Å²) in [4.78, 5) is 14.2. The Balaban J connectivity index is 2.19. The highest BCUT2D eigenvalue weighted by Crippen LogP contribution is 2.46. The van der Waals surface area contributed by atoms with Gasteiger partial charge in [-0.1, -0.05) is 26.7 Å². The third kappa shape index (κ3) is 6.10. The van der Waals surface area contributed by atoms with Crippen LogP contribution in [0.15, 0.2) is 46.2 Å². The first-order valence-electron chi connectivity index (χ1n) is 11.4. The number of rotatable bonds is 10. The smallest absolute Gasteiger partial charge is 0.313 e. The van der Waals surface area contributed by atoms with Crippen LogP contribution < -0.4 is 4.90 Å². The standard InChI is InChI=1S/C25H32FNO4S3/c1-4-6-11-25(5-2)16-27(20-9-7-19(26)8-10-20)21-13-22(32-3)18(14-33-15-24(28)29)12-23(21)34(30,31)17-25/h7-10,12-13H,4-6,11,14-17H2,1-3H3,(H,28,29)/t25-/m0/s1. The summed E-state index contributed by atoms with van der Waals surface area (Å²) in [6.45, 7) is 4.68. The van der Waals surface area contributed by atoms with E-state index in [1.54, 1.807) is 18.2 Å². The van der Waals surface area contributed by atoms with E-state index >= 15 is 0 Å². The van der Waals surface area contributed by atoms with Crippen LogP contribution in [0.2, 0.25) is 0 Å². The normalized spacial score (nSPS) is 19.5. The second kappa shape index (κ2) is 11.4. The number of hydrogen-bond acceptors (Lipinski definition) is 6. The predicted octanol–water partition coefficient (Wildman–Crippen LogP) is 6.38. The van der Waals surface area contributed by atoms with Crippen LogP contribution in [-0.4, -0.2) is 43.8 Å². The van der Waals surface area contributed by atoms with Crippen LogP contribution >= 0.6 is 23.5 Å². The molecule has 9 heteroatoms. The van der Waals surface area contributed by atoms with Gasteiger partial charge in [0.25, 0.3) is 0 Å². The van der Waals surface area contributed by atoms with Crippen molar-refractivity contribution in [3.05, 3.63) is 47.8 Å². The SMILES string of the molecule is CCCC[C@@]1(CC)CN(c2ccc(F)cc2)c2cc(SC)c(CSCC(=O)O)cc2S(=O)(=O)C1. The van der Waals surface area contributed by atoms with Crippen molar-refractivity contribution >= 4 is 50.7 Å². The number of fused-ring (bicyclic) bond motifs is 1. The first-order valence-corrected chi connectivity index (χ1v) is 15.4. The number of hydrogen-bond donors (Lipinski definition) is 1. The van der Waals surface area contributed by atoms with Crippen molar-refractivity contribution in [3.63, 3.8) is 0 Å². The highest BCUT2D eigenvalue weighted by Gasteiger charge is 2.41. The summed E-state index contributed by atoms with van der Waals surface area (Å²) in [5.74, 6) is -0.813. The van der Waals surface area contributed by atoms with Gasteiger partial charge in [0.2, 0.25) is 0 Å². The number of aliphatic carboxylic acids is 1. The highest BCUT2D eigenvalue weighted by molar-refractivity contribution is 7.99. The number of thioether (sulfide) groups is 2. The zero-order valence-corrected chi connectivity index (χ0v) is 22.3. The third-order valence-electron chi connectivity index (χ3n) is 6.41. The second-order valence-corrected chi connectivity index (χ2v) is 12.6. The number of benzene rings is 2. The monoisotopic (exact) mass is 525 g/mol. The second-order valence-electron chi connectivity index (χ2n) is 8.80. The van der Waals surface area contributed by atoms with E-state index < -0.39 is 21.2 Å². The molecule has 3 rings (SSSR count). The molecule has 1 N–H and O–H groups in total. The fraction of sp³-hybridized carbons (Fsp3) is 0.480. The van der Waals surface area contributed by atoms with Crippen molar-refractivity contribution in [1.29, 1.82) is 0 Å². The van der Waals surface area contributed by atoms with Crippen LogP contribution in [0.25, 0.3) is 0 Å². The Bertz CT molecular complexity index is 1120. The Kier molecular flexibility index (Phi) is 8.98. The first kappa shape index (κ1) is 26.9. The minimum absolute atomic E-state index is 0.0463. The van der Waals surface area contributed by atoms with E-state index in [2.05, 4.69) is 6.92 Å². The van der Waals surface area contributed by atoms with Crippen molar-refractivity contribution in [2.45, 2.75) is 55.1 Å². The molecule has 1 atom stereocenters. The number of nitrogens with zero attached hydrogens (tertiary/aromatic N) is 1. The molecule has 1 aliphatic rings. The van der Waals surface area contributed by atoms with Crippen LogP contribution in [0.5, 0.6) is 0 Å². The van der Waals surface area contributed by atoms with E-state index in [9.17, 15) is 17.6 Å². The Morgan fingerprint density at radius 3 is 2.50 bits per heavy atom. The van der Waals surface area contributed by atoms with Crippen molar-refractivity contribution in [2.24, 2.45) is 5.41 Å². The Labute approximate surface area is 210 Å². The van der Waals surface area contributed by atoms with Gasteiger partial charge < -0.3 is 10.0 Å². The molecule has 0 fully saturated rings. The molecule has 34 heavy (non-hydrogen) atoms. The van der Waals surface area contributed by atoms with E-state index in [0.717, 1.165) is 35.4 Å². The van der Waals surface area contributed by atoms with Crippen molar-refractivity contribution in [3.8, 4) is 0 Å². The molecule has 2 aromatic rings. The third-order valence-corrected chi connectivity index (χ3v) is 10.2. The summed E-state index contributed by atoms with van der Waals surface area (Å²) in [5.41, 5.74) is 1.75. The maximum absolute atomic E-state index is 13.8. The lowest BCUT2D eigenvalue weighted by Crippen LogP contribution is -2.37. The lowest BCUT2D eigenvalue weighted by molar-refractivity contribution is -0.133. The van der Waals surface area contributed by atoms with Crippen LogP contribution in [0.1, 0.15) is 45.1 Å². The molecule has 2 aromatic carbocycles. The molecule has 1 heterocycles. The number of halogens is 1.